The number of hydrogen-bond acceptors (Lipinski definition) is 4. The number of aryl methyl sites for hydroxylation is 1. The maximum atomic E-state index is 4.35. The van der Waals surface area contributed by atoms with E-state index in [1.807, 2.05) is 24.4 Å². The molecular formula is C12H14N4. The Morgan fingerprint density at radius 1 is 1.19 bits per heavy atom. The summed E-state index contributed by atoms with van der Waals surface area (Å²) in [5.41, 5.74) is 2.33. The predicted octanol–water partition coefficient (Wildman–Crippen LogP) is 2.05. The minimum Gasteiger partial charge on any atom is -0.363 e. The van der Waals surface area contributed by atoms with Crippen LogP contribution in [0.4, 0.5) is 5.82 Å². The van der Waals surface area contributed by atoms with Gasteiger partial charge in [-0.25, -0.2) is 0 Å². The molecule has 0 saturated heterocycles. The van der Waals surface area contributed by atoms with Crippen LogP contribution >= 0.6 is 0 Å². The molecule has 2 aromatic heterocycles. The summed E-state index contributed by atoms with van der Waals surface area (Å²) >= 11 is 0. The van der Waals surface area contributed by atoms with Crippen molar-refractivity contribution in [1.29, 1.82) is 0 Å². The highest BCUT2D eigenvalue weighted by atomic mass is 15.2. The summed E-state index contributed by atoms with van der Waals surface area (Å²) in [6.45, 7) is 2.81. The fourth-order valence-corrected chi connectivity index (χ4v) is 1.52. The molecule has 1 N–H and O–H groups in total. The lowest BCUT2D eigenvalue weighted by atomic mass is 10.1. The van der Waals surface area contributed by atoms with E-state index in [9.17, 15) is 0 Å². The average Bonchev–Trinajstić information content (AvgIpc) is 2.38. The molecule has 0 spiro atoms. The summed E-state index contributed by atoms with van der Waals surface area (Å²) in [5, 5.41) is 11.0. The Balaban J connectivity index is 2.05. The fraction of sp³-hybridized carbons (Fsp3) is 0.250. The molecule has 0 aliphatic heterocycles. The second-order valence-corrected chi connectivity index (χ2v) is 3.43. The molecule has 0 radical (unpaired) electrons. The topological polar surface area (TPSA) is 50.7 Å². The van der Waals surface area contributed by atoms with Crippen molar-refractivity contribution in [2.45, 2.75) is 19.9 Å². The van der Waals surface area contributed by atoms with Gasteiger partial charge in [0, 0.05) is 12.4 Å². The van der Waals surface area contributed by atoms with Crippen molar-refractivity contribution < 1.29 is 0 Å². The number of aromatic nitrogens is 3. The van der Waals surface area contributed by atoms with E-state index >= 15 is 0 Å². The molecule has 0 aliphatic rings. The first-order chi connectivity index (χ1) is 7.90. The monoisotopic (exact) mass is 214 g/mol. The highest BCUT2D eigenvalue weighted by Crippen LogP contribution is 2.08. The summed E-state index contributed by atoms with van der Waals surface area (Å²) in [7, 11) is 0. The van der Waals surface area contributed by atoms with Gasteiger partial charge in [-0.2, -0.15) is 5.10 Å². The molecule has 4 nitrogen and oxygen atoms in total. The quantitative estimate of drug-likeness (QED) is 0.846. The van der Waals surface area contributed by atoms with Crippen LogP contribution in [-0.4, -0.2) is 15.2 Å². The van der Waals surface area contributed by atoms with E-state index in [-0.39, 0.29) is 0 Å². The minimum atomic E-state index is 0.683. The van der Waals surface area contributed by atoms with Gasteiger partial charge in [-0.3, -0.25) is 4.98 Å². The molecule has 0 fully saturated rings. The van der Waals surface area contributed by atoms with Crippen LogP contribution in [0.2, 0.25) is 0 Å². The zero-order chi connectivity index (χ0) is 11.2. The number of pyridine rings is 1. The molecule has 0 bridgehead atoms. The lowest BCUT2D eigenvalue weighted by Crippen LogP contribution is -2.06. The van der Waals surface area contributed by atoms with Crippen LogP contribution in [0.25, 0.3) is 0 Å². The van der Waals surface area contributed by atoms with Gasteiger partial charge in [-0.1, -0.05) is 13.0 Å². The first-order valence-corrected chi connectivity index (χ1v) is 5.34. The lowest BCUT2D eigenvalue weighted by molar-refractivity contribution is 0.944. The van der Waals surface area contributed by atoms with Crippen LogP contribution in [-0.2, 0) is 13.0 Å². The van der Waals surface area contributed by atoms with E-state index < -0.39 is 0 Å². The molecular weight excluding hydrogens is 200 g/mol. The van der Waals surface area contributed by atoms with Crippen molar-refractivity contribution in [3.8, 4) is 0 Å². The highest BCUT2D eigenvalue weighted by molar-refractivity contribution is 5.33. The fourth-order valence-electron chi connectivity index (χ4n) is 1.52. The first kappa shape index (κ1) is 10.5. The van der Waals surface area contributed by atoms with Crippen LogP contribution in [0.3, 0.4) is 0 Å². The van der Waals surface area contributed by atoms with Gasteiger partial charge in [0.05, 0.1) is 12.2 Å². The minimum absolute atomic E-state index is 0.683. The van der Waals surface area contributed by atoms with Gasteiger partial charge in [0.1, 0.15) is 5.82 Å². The standard InChI is InChI=1S/C12H14N4/c1-2-10-5-3-7-13-11(10)9-14-12-6-4-8-15-16-12/h3-8H,2,9H2,1H3,(H,14,16). The molecule has 4 heteroatoms. The van der Waals surface area contributed by atoms with Crippen LogP contribution in [0.15, 0.2) is 36.7 Å². The van der Waals surface area contributed by atoms with Gasteiger partial charge in [0.25, 0.3) is 0 Å². The molecule has 2 rings (SSSR count). The molecule has 0 aromatic carbocycles. The highest BCUT2D eigenvalue weighted by Gasteiger charge is 2.01. The predicted molar refractivity (Wildman–Crippen MR) is 63.0 cm³/mol. The largest absolute Gasteiger partial charge is 0.363 e. The van der Waals surface area contributed by atoms with Crippen molar-refractivity contribution in [3.05, 3.63) is 47.9 Å². The Morgan fingerprint density at radius 2 is 2.06 bits per heavy atom. The molecule has 2 heterocycles. The zero-order valence-electron chi connectivity index (χ0n) is 9.22. The van der Waals surface area contributed by atoms with Crippen molar-refractivity contribution in [3.63, 3.8) is 0 Å². The lowest BCUT2D eigenvalue weighted by Gasteiger charge is -2.07. The number of rotatable bonds is 4. The van der Waals surface area contributed by atoms with Gasteiger partial charge >= 0.3 is 0 Å². The summed E-state index contributed by atoms with van der Waals surface area (Å²) in [6.07, 6.45) is 4.46. The normalized spacial score (nSPS) is 10.1. The molecule has 0 saturated carbocycles. The summed E-state index contributed by atoms with van der Waals surface area (Å²) < 4.78 is 0. The summed E-state index contributed by atoms with van der Waals surface area (Å²) in [4.78, 5) is 4.35. The van der Waals surface area contributed by atoms with Crippen molar-refractivity contribution >= 4 is 5.82 Å². The molecule has 0 aliphatic carbocycles. The van der Waals surface area contributed by atoms with E-state index in [4.69, 9.17) is 0 Å². The van der Waals surface area contributed by atoms with Gasteiger partial charge in [0.15, 0.2) is 0 Å². The Hall–Kier alpha value is -1.97. The number of nitrogens with zero attached hydrogens (tertiary/aromatic N) is 3. The van der Waals surface area contributed by atoms with E-state index in [1.54, 1.807) is 6.20 Å². The molecule has 82 valence electrons. The average molecular weight is 214 g/mol. The van der Waals surface area contributed by atoms with Gasteiger partial charge in [-0.05, 0) is 30.2 Å². The van der Waals surface area contributed by atoms with Crippen LogP contribution in [0, 0.1) is 0 Å². The Kier molecular flexibility index (Phi) is 3.43. The molecule has 0 amide bonds. The third-order valence-corrected chi connectivity index (χ3v) is 2.37. The van der Waals surface area contributed by atoms with Crippen LogP contribution in [0.5, 0.6) is 0 Å². The number of hydrogen-bond donors (Lipinski definition) is 1. The third-order valence-electron chi connectivity index (χ3n) is 2.37. The summed E-state index contributed by atoms with van der Waals surface area (Å²) in [6, 6.07) is 7.81. The SMILES string of the molecule is CCc1cccnc1CNc1cccnn1. The Labute approximate surface area is 94.8 Å². The number of anilines is 1. The molecule has 0 atom stereocenters. The van der Waals surface area contributed by atoms with E-state index in [0.29, 0.717) is 6.54 Å². The Morgan fingerprint density at radius 3 is 2.81 bits per heavy atom. The summed E-state index contributed by atoms with van der Waals surface area (Å²) in [5.74, 6) is 0.773. The van der Waals surface area contributed by atoms with Gasteiger partial charge < -0.3 is 5.32 Å². The second kappa shape index (κ2) is 5.21. The first-order valence-electron chi connectivity index (χ1n) is 5.34. The van der Waals surface area contributed by atoms with Gasteiger partial charge in [-0.15, -0.1) is 5.10 Å². The Bertz CT molecular complexity index is 442. The smallest absolute Gasteiger partial charge is 0.148 e. The van der Waals surface area contributed by atoms with Crippen LogP contribution in [0.1, 0.15) is 18.2 Å². The maximum absolute atomic E-state index is 4.35. The third kappa shape index (κ3) is 2.53. The van der Waals surface area contributed by atoms with Gasteiger partial charge in [0.2, 0.25) is 0 Å². The van der Waals surface area contributed by atoms with E-state index in [0.717, 1.165) is 17.9 Å². The van der Waals surface area contributed by atoms with Crippen molar-refractivity contribution in [2.75, 3.05) is 5.32 Å². The second-order valence-electron chi connectivity index (χ2n) is 3.43. The molecule has 16 heavy (non-hydrogen) atoms. The maximum Gasteiger partial charge on any atom is 0.148 e. The zero-order valence-corrected chi connectivity index (χ0v) is 9.22. The van der Waals surface area contributed by atoms with Crippen LogP contribution < -0.4 is 5.32 Å². The molecule has 2 aromatic rings. The number of nitrogens with one attached hydrogen (secondary N) is 1. The van der Waals surface area contributed by atoms with E-state index in [2.05, 4.69) is 33.5 Å². The van der Waals surface area contributed by atoms with E-state index in [1.165, 1.54) is 5.56 Å². The van der Waals surface area contributed by atoms with Crippen molar-refractivity contribution in [1.82, 2.24) is 15.2 Å². The molecule has 0 unspecified atom stereocenters. The van der Waals surface area contributed by atoms with Crippen molar-refractivity contribution in [2.24, 2.45) is 0 Å².